The van der Waals surface area contributed by atoms with Crippen LogP contribution in [0, 0.1) is 5.92 Å². The SMILES string of the molecule is CCCCCOc1ccc(-c2ccc([C@H](O)C[C@H](CCCc3ccccc3)C(=O)O)cc2)cc1. The van der Waals surface area contributed by atoms with Gasteiger partial charge in [0.05, 0.1) is 18.6 Å². The maximum Gasteiger partial charge on any atom is 0.306 e. The van der Waals surface area contributed by atoms with Crippen LogP contribution in [-0.4, -0.2) is 22.8 Å². The number of unbranched alkanes of at least 4 members (excludes halogenated alkanes) is 2. The van der Waals surface area contributed by atoms with Crippen molar-refractivity contribution in [1.82, 2.24) is 0 Å². The molecule has 0 heterocycles. The van der Waals surface area contributed by atoms with Crippen LogP contribution in [0.25, 0.3) is 11.1 Å². The number of aryl methyl sites for hydroxylation is 1. The maximum absolute atomic E-state index is 11.8. The lowest BCUT2D eigenvalue weighted by Gasteiger charge is -2.17. The summed E-state index contributed by atoms with van der Waals surface area (Å²) < 4.78 is 5.78. The molecule has 0 aromatic heterocycles. The molecular weight excluding hydrogens is 424 g/mol. The smallest absolute Gasteiger partial charge is 0.306 e. The summed E-state index contributed by atoms with van der Waals surface area (Å²) in [4.78, 5) is 11.8. The molecular formula is C30H36O4. The second-order valence-corrected chi connectivity index (χ2v) is 8.87. The van der Waals surface area contributed by atoms with E-state index >= 15 is 0 Å². The average molecular weight is 461 g/mol. The first-order chi connectivity index (χ1) is 16.6. The molecule has 0 saturated carbocycles. The summed E-state index contributed by atoms with van der Waals surface area (Å²) in [5.41, 5.74) is 4.07. The minimum absolute atomic E-state index is 0.216. The molecule has 4 nitrogen and oxygen atoms in total. The van der Waals surface area contributed by atoms with Crippen LogP contribution in [0.5, 0.6) is 5.75 Å². The normalized spacial score (nSPS) is 12.8. The van der Waals surface area contributed by atoms with Crippen LogP contribution in [0.4, 0.5) is 0 Å². The number of hydrogen-bond donors (Lipinski definition) is 2. The van der Waals surface area contributed by atoms with Gasteiger partial charge in [0.2, 0.25) is 0 Å². The van der Waals surface area contributed by atoms with Gasteiger partial charge in [-0.05, 0) is 66.5 Å². The number of aliphatic hydroxyl groups excluding tert-OH is 1. The molecule has 3 aromatic carbocycles. The molecule has 2 N–H and O–H groups in total. The van der Waals surface area contributed by atoms with Crippen molar-refractivity contribution in [1.29, 1.82) is 0 Å². The number of rotatable bonds is 14. The number of aliphatic hydroxyl groups is 1. The van der Waals surface area contributed by atoms with E-state index in [2.05, 4.69) is 19.1 Å². The summed E-state index contributed by atoms with van der Waals surface area (Å²) in [7, 11) is 0. The summed E-state index contributed by atoms with van der Waals surface area (Å²) in [6.07, 6.45) is 5.02. The third kappa shape index (κ3) is 8.03. The highest BCUT2D eigenvalue weighted by atomic mass is 16.5. The van der Waals surface area contributed by atoms with Gasteiger partial charge in [-0.3, -0.25) is 4.79 Å². The lowest BCUT2D eigenvalue weighted by atomic mass is 9.91. The number of benzene rings is 3. The predicted octanol–water partition coefficient (Wildman–Crippen LogP) is 7.07. The summed E-state index contributed by atoms with van der Waals surface area (Å²) in [5, 5.41) is 20.3. The van der Waals surface area contributed by atoms with E-state index in [0.717, 1.165) is 48.3 Å². The lowest BCUT2D eigenvalue weighted by Crippen LogP contribution is -2.17. The van der Waals surface area contributed by atoms with Crippen molar-refractivity contribution in [2.24, 2.45) is 5.92 Å². The van der Waals surface area contributed by atoms with Gasteiger partial charge in [-0.1, -0.05) is 86.5 Å². The van der Waals surface area contributed by atoms with Crippen LogP contribution in [0.2, 0.25) is 0 Å². The van der Waals surface area contributed by atoms with Gasteiger partial charge in [-0.15, -0.1) is 0 Å². The molecule has 3 aromatic rings. The first-order valence-electron chi connectivity index (χ1n) is 12.3. The number of carboxylic acids is 1. The molecule has 0 aliphatic rings. The van der Waals surface area contributed by atoms with E-state index in [-0.39, 0.29) is 6.42 Å². The zero-order valence-electron chi connectivity index (χ0n) is 20.0. The van der Waals surface area contributed by atoms with Crippen LogP contribution >= 0.6 is 0 Å². The average Bonchev–Trinajstić information content (AvgIpc) is 2.87. The lowest BCUT2D eigenvalue weighted by molar-refractivity contribution is -0.143. The van der Waals surface area contributed by atoms with Gasteiger partial charge in [-0.25, -0.2) is 0 Å². The number of carbonyl (C=O) groups is 1. The van der Waals surface area contributed by atoms with Crippen LogP contribution < -0.4 is 4.74 Å². The number of hydrogen-bond acceptors (Lipinski definition) is 3. The van der Waals surface area contributed by atoms with Crippen molar-refractivity contribution in [3.63, 3.8) is 0 Å². The molecule has 34 heavy (non-hydrogen) atoms. The zero-order valence-corrected chi connectivity index (χ0v) is 20.0. The van der Waals surface area contributed by atoms with Crippen molar-refractivity contribution in [2.75, 3.05) is 6.61 Å². The largest absolute Gasteiger partial charge is 0.494 e. The van der Waals surface area contributed by atoms with Gasteiger partial charge in [0, 0.05) is 0 Å². The van der Waals surface area contributed by atoms with Gasteiger partial charge in [-0.2, -0.15) is 0 Å². The summed E-state index contributed by atoms with van der Waals surface area (Å²) in [6, 6.07) is 25.8. The number of ether oxygens (including phenoxy) is 1. The van der Waals surface area contributed by atoms with Gasteiger partial charge in [0.25, 0.3) is 0 Å². The molecule has 0 amide bonds. The fraction of sp³-hybridized carbons (Fsp3) is 0.367. The number of carboxylic acid groups (broad SMARTS) is 1. The molecule has 3 rings (SSSR count). The van der Waals surface area contributed by atoms with E-state index in [0.29, 0.717) is 6.42 Å². The van der Waals surface area contributed by atoms with E-state index in [4.69, 9.17) is 4.74 Å². The molecule has 0 saturated heterocycles. The van der Waals surface area contributed by atoms with E-state index in [1.807, 2.05) is 66.7 Å². The Morgan fingerprint density at radius 2 is 1.50 bits per heavy atom. The van der Waals surface area contributed by atoms with Crippen LogP contribution in [0.1, 0.15) is 62.7 Å². The molecule has 0 radical (unpaired) electrons. The third-order valence-corrected chi connectivity index (χ3v) is 6.22. The monoisotopic (exact) mass is 460 g/mol. The van der Waals surface area contributed by atoms with Gasteiger partial charge < -0.3 is 14.9 Å². The van der Waals surface area contributed by atoms with Crippen molar-refractivity contribution in [2.45, 2.75) is 58.0 Å². The maximum atomic E-state index is 11.8. The van der Waals surface area contributed by atoms with Gasteiger partial charge in [0.15, 0.2) is 0 Å². The Labute approximate surface area is 203 Å². The molecule has 0 bridgehead atoms. The topological polar surface area (TPSA) is 66.8 Å². The molecule has 4 heteroatoms. The molecule has 0 unspecified atom stereocenters. The molecule has 0 spiro atoms. The van der Waals surface area contributed by atoms with Gasteiger partial charge >= 0.3 is 5.97 Å². The van der Waals surface area contributed by atoms with Crippen molar-refractivity contribution >= 4 is 5.97 Å². The highest BCUT2D eigenvalue weighted by molar-refractivity contribution is 5.70. The summed E-state index contributed by atoms with van der Waals surface area (Å²) >= 11 is 0. The van der Waals surface area contributed by atoms with Gasteiger partial charge in [0.1, 0.15) is 5.75 Å². The standard InChI is InChI=1S/C30H36O4/c1-2-3-7-21-34-28-19-17-25(18-20-28)24-13-15-26(16-14-24)29(31)22-27(30(32)33)12-8-11-23-9-5-4-6-10-23/h4-6,9-10,13-20,27,29,31H,2-3,7-8,11-12,21-22H2,1H3,(H,32,33)/t27-,29+/m0/s1. The summed E-state index contributed by atoms with van der Waals surface area (Å²) in [6.45, 7) is 2.92. The highest BCUT2D eigenvalue weighted by Gasteiger charge is 2.22. The zero-order chi connectivity index (χ0) is 24.2. The Morgan fingerprint density at radius 1 is 0.853 bits per heavy atom. The van der Waals surface area contributed by atoms with Crippen molar-refractivity contribution in [3.8, 4) is 16.9 Å². The molecule has 0 fully saturated rings. The Morgan fingerprint density at radius 3 is 2.12 bits per heavy atom. The van der Waals surface area contributed by atoms with E-state index in [1.54, 1.807) is 0 Å². The van der Waals surface area contributed by atoms with E-state index in [1.165, 1.54) is 18.4 Å². The first-order valence-corrected chi connectivity index (χ1v) is 12.3. The fourth-order valence-electron chi connectivity index (χ4n) is 4.13. The fourth-order valence-corrected chi connectivity index (χ4v) is 4.13. The van der Waals surface area contributed by atoms with Crippen LogP contribution in [0.3, 0.4) is 0 Å². The molecule has 2 atom stereocenters. The van der Waals surface area contributed by atoms with E-state index in [9.17, 15) is 15.0 Å². The second kappa shape index (κ2) is 13.6. The molecule has 0 aliphatic carbocycles. The Bertz CT molecular complexity index is 981. The minimum atomic E-state index is -0.847. The Hall–Kier alpha value is -3.11. The first kappa shape index (κ1) is 25.5. The highest BCUT2D eigenvalue weighted by Crippen LogP contribution is 2.28. The quantitative estimate of drug-likeness (QED) is 0.253. The minimum Gasteiger partial charge on any atom is -0.494 e. The molecule has 0 aliphatic heterocycles. The molecule has 180 valence electrons. The van der Waals surface area contributed by atoms with Crippen LogP contribution in [0.15, 0.2) is 78.9 Å². The third-order valence-electron chi connectivity index (χ3n) is 6.22. The predicted molar refractivity (Wildman–Crippen MR) is 137 cm³/mol. The van der Waals surface area contributed by atoms with Crippen LogP contribution in [-0.2, 0) is 11.2 Å². The Balaban J connectivity index is 1.52. The number of aliphatic carboxylic acids is 1. The second-order valence-electron chi connectivity index (χ2n) is 8.87. The summed E-state index contributed by atoms with van der Waals surface area (Å²) in [5.74, 6) is -0.539. The van der Waals surface area contributed by atoms with Crippen molar-refractivity contribution < 1.29 is 19.7 Å². The van der Waals surface area contributed by atoms with E-state index < -0.39 is 18.0 Å². The van der Waals surface area contributed by atoms with Crippen molar-refractivity contribution in [3.05, 3.63) is 90.0 Å². The Kier molecular flexibility index (Phi) is 10.2.